The summed E-state index contributed by atoms with van der Waals surface area (Å²) in [7, 11) is 0. The van der Waals surface area contributed by atoms with Crippen LogP contribution in [0.25, 0.3) is 50.5 Å². The maximum absolute atomic E-state index is 10.9. The zero-order valence-corrected chi connectivity index (χ0v) is 28.0. The van der Waals surface area contributed by atoms with Gasteiger partial charge in [-0.1, -0.05) is 97.1 Å². The van der Waals surface area contributed by atoms with Gasteiger partial charge in [-0.25, -0.2) is 0 Å². The van der Waals surface area contributed by atoms with E-state index in [1.807, 2.05) is 60.7 Å². The van der Waals surface area contributed by atoms with Gasteiger partial charge in [0.1, 0.15) is 24.0 Å². The first-order valence-electron chi connectivity index (χ1n) is 17.5. The lowest BCUT2D eigenvalue weighted by atomic mass is 9.73. The Bertz CT molecular complexity index is 2840. The molecule has 0 spiro atoms. The van der Waals surface area contributed by atoms with Gasteiger partial charge in [0.2, 0.25) is 0 Å². The van der Waals surface area contributed by atoms with Crippen molar-refractivity contribution in [3.63, 3.8) is 0 Å². The zero-order valence-electron chi connectivity index (χ0n) is 28.0. The molecule has 7 aromatic rings. The molecule has 0 radical (unpaired) electrons. The molecular formula is C47H28N4O. The first-order valence-corrected chi connectivity index (χ1v) is 17.5. The topological polar surface area (TPSA) is 85.5 Å². The van der Waals surface area contributed by atoms with Crippen LogP contribution in [0.4, 0.5) is 0 Å². The van der Waals surface area contributed by atoms with E-state index in [2.05, 4.69) is 95.6 Å². The normalized spacial score (nSPS) is 16.1. The number of ether oxygens (including phenoxy) is 1. The van der Waals surface area contributed by atoms with Crippen molar-refractivity contribution >= 4 is 22.6 Å². The number of aromatic nitrogens is 1. The van der Waals surface area contributed by atoms with Gasteiger partial charge >= 0.3 is 0 Å². The molecule has 0 fully saturated rings. The Morgan fingerprint density at radius 1 is 0.596 bits per heavy atom. The molecule has 52 heavy (non-hydrogen) atoms. The summed E-state index contributed by atoms with van der Waals surface area (Å²) < 4.78 is 8.59. The lowest BCUT2D eigenvalue weighted by Gasteiger charge is -2.30. The molecule has 2 unspecified atom stereocenters. The van der Waals surface area contributed by atoms with Gasteiger partial charge in [-0.3, -0.25) is 0 Å². The summed E-state index contributed by atoms with van der Waals surface area (Å²) >= 11 is 0. The lowest BCUT2D eigenvalue weighted by Crippen LogP contribution is -2.21. The average Bonchev–Trinajstić information content (AvgIpc) is 3.73. The van der Waals surface area contributed by atoms with Gasteiger partial charge in [-0.2, -0.15) is 15.8 Å². The Balaban J connectivity index is 1.17. The molecule has 3 aliphatic rings. The number of hydrogen-bond donors (Lipinski definition) is 0. The van der Waals surface area contributed by atoms with Crippen LogP contribution in [0, 0.1) is 34.0 Å². The molecule has 5 nitrogen and oxygen atoms in total. The second-order valence-corrected chi connectivity index (χ2v) is 13.6. The minimum atomic E-state index is -0.145. The summed E-state index contributed by atoms with van der Waals surface area (Å²) in [5.41, 5.74) is 14.5. The van der Waals surface area contributed by atoms with Gasteiger partial charge in [0.15, 0.2) is 0 Å². The number of nitrogens with zero attached hydrogens (tertiary/aromatic N) is 4. The van der Waals surface area contributed by atoms with E-state index in [0.29, 0.717) is 34.4 Å². The molecular weight excluding hydrogens is 637 g/mol. The van der Waals surface area contributed by atoms with Crippen molar-refractivity contribution in [2.24, 2.45) is 0 Å². The number of hydrogen-bond acceptors (Lipinski definition) is 4. The number of benzene rings is 6. The van der Waals surface area contributed by atoms with E-state index in [1.54, 1.807) is 0 Å². The van der Waals surface area contributed by atoms with Crippen LogP contribution < -0.4 is 4.74 Å². The quantitative estimate of drug-likeness (QED) is 0.188. The fourth-order valence-corrected chi connectivity index (χ4v) is 8.82. The first kappa shape index (κ1) is 29.8. The van der Waals surface area contributed by atoms with Gasteiger partial charge in [0.25, 0.3) is 0 Å². The van der Waals surface area contributed by atoms with E-state index in [9.17, 15) is 15.8 Å². The minimum Gasteiger partial charge on any atom is -0.485 e. The van der Waals surface area contributed by atoms with Crippen molar-refractivity contribution in [3.05, 3.63) is 178 Å². The average molecular weight is 665 g/mol. The van der Waals surface area contributed by atoms with Crippen molar-refractivity contribution in [1.29, 1.82) is 15.8 Å². The first-order chi connectivity index (χ1) is 25.7. The summed E-state index contributed by atoms with van der Waals surface area (Å²) in [4.78, 5) is 0. The van der Waals surface area contributed by atoms with E-state index < -0.39 is 0 Å². The summed E-state index contributed by atoms with van der Waals surface area (Å²) in [5, 5.41) is 32.9. The molecule has 10 rings (SSSR count). The molecule has 0 N–H and O–H groups in total. The van der Waals surface area contributed by atoms with Crippen LogP contribution in [0.2, 0.25) is 0 Å². The van der Waals surface area contributed by atoms with Gasteiger partial charge in [0, 0.05) is 45.7 Å². The summed E-state index contributed by atoms with van der Waals surface area (Å²) in [6, 6.07) is 50.3. The molecule has 1 aliphatic heterocycles. The van der Waals surface area contributed by atoms with E-state index in [-0.39, 0.29) is 12.0 Å². The standard InChI is InChI=1S/C47H28N4O/c48-25-28-17-18-33(38-22-29-9-1-2-10-30(29)31-11-3-4-12-32(31)38)37(21-28)34-19-20-44(42(27-50)41(34)26-49)51-43-15-7-5-13-35(43)39-23-40-36-14-6-8-16-46(36)52-47(40)24-45(39)51/h1-21,23,38,47H,22,24H2. The highest BCUT2D eigenvalue weighted by Crippen LogP contribution is 2.48. The van der Waals surface area contributed by atoms with Crippen LogP contribution in [0.3, 0.4) is 0 Å². The Hall–Kier alpha value is -7.13. The van der Waals surface area contributed by atoms with Crippen LogP contribution in [-0.2, 0) is 12.8 Å². The van der Waals surface area contributed by atoms with Crippen molar-refractivity contribution in [3.8, 4) is 51.9 Å². The maximum Gasteiger partial charge on any atom is 0.130 e. The zero-order chi connectivity index (χ0) is 34.9. The number of rotatable bonds is 3. The third-order valence-electron chi connectivity index (χ3n) is 11.1. The van der Waals surface area contributed by atoms with Crippen LogP contribution in [0.15, 0.2) is 127 Å². The highest BCUT2D eigenvalue weighted by molar-refractivity contribution is 6.01. The highest BCUT2D eigenvalue weighted by atomic mass is 16.5. The van der Waals surface area contributed by atoms with Gasteiger partial charge < -0.3 is 9.30 Å². The highest BCUT2D eigenvalue weighted by Gasteiger charge is 2.36. The van der Waals surface area contributed by atoms with Crippen molar-refractivity contribution in [1.82, 2.24) is 4.57 Å². The monoisotopic (exact) mass is 664 g/mol. The van der Waals surface area contributed by atoms with E-state index >= 15 is 0 Å². The molecule has 2 atom stereocenters. The lowest BCUT2D eigenvalue weighted by molar-refractivity contribution is 0.274. The van der Waals surface area contributed by atoms with Crippen molar-refractivity contribution in [2.45, 2.75) is 24.9 Å². The van der Waals surface area contributed by atoms with E-state index in [1.165, 1.54) is 22.3 Å². The van der Waals surface area contributed by atoms with Crippen molar-refractivity contribution < 1.29 is 4.74 Å². The molecule has 2 aliphatic carbocycles. The minimum absolute atomic E-state index is 0.0115. The summed E-state index contributed by atoms with van der Waals surface area (Å²) in [5.74, 6) is 0.871. The fourth-order valence-electron chi connectivity index (χ4n) is 8.82. The second-order valence-electron chi connectivity index (χ2n) is 13.6. The fraction of sp³-hybridized carbons (Fsp3) is 0.0851. The van der Waals surface area contributed by atoms with Crippen molar-refractivity contribution in [2.75, 3.05) is 0 Å². The van der Waals surface area contributed by atoms with E-state index in [0.717, 1.165) is 56.6 Å². The maximum atomic E-state index is 10.9. The Morgan fingerprint density at radius 2 is 1.33 bits per heavy atom. The third kappa shape index (κ3) is 4.26. The Morgan fingerprint density at radius 3 is 2.17 bits per heavy atom. The molecule has 0 bridgehead atoms. The van der Waals surface area contributed by atoms with Gasteiger partial charge in [-0.15, -0.1) is 0 Å². The SMILES string of the molecule is N#Cc1ccc(C2Cc3ccccc3-c3ccccc32)c(-c2ccc(-n3c4c(c5ccccc53)C=C3c5ccccc5OC3C4)c(C#N)c2C#N)c1. The predicted molar refractivity (Wildman–Crippen MR) is 203 cm³/mol. The molecule has 0 saturated carbocycles. The molecule has 5 heteroatoms. The number of fused-ring (bicyclic) bond motifs is 9. The van der Waals surface area contributed by atoms with Gasteiger partial charge in [-0.05, 0) is 76.2 Å². The van der Waals surface area contributed by atoms with E-state index in [4.69, 9.17) is 4.74 Å². The number of para-hydroxylation sites is 2. The molecule has 6 aromatic carbocycles. The molecule has 2 heterocycles. The predicted octanol–water partition coefficient (Wildman–Crippen LogP) is 10.1. The second kappa shape index (κ2) is 11.5. The smallest absolute Gasteiger partial charge is 0.130 e. The van der Waals surface area contributed by atoms with Gasteiger partial charge in [0.05, 0.1) is 34.0 Å². The largest absolute Gasteiger partial charge is 0.485 e. The summed E-state index contributed by atoms with van der Waals surface area (Å²) in [6.07, 6.45) is 3.49. The number of nitriles is 3. The third-order valence-corrected chi connectivity index (χ3v) is 11.1. The molecule has 0 amide bonds. The van der Waals surface area contributed by atoms with Crippen LogP contribution in [0.5, 0.6) is 5.75 Å². The molecule has 0 saturated heterocycles. The van der Waals surface area contributed by atoms with Crippen LogP contribution in [-0.4, -0.2) is 10.7 Å². The Labute approximate surface area is 301 Å². The Kier molecular flexibility index (Phi) is 6.56. The van der Waals surface area contributed by atoms with Crippen LogP contribution >= 0.6 is 0 Å². The molecule has 1 aromatic heterocycles. The van der Waals surface area contributed by atoms with Crippen LogP contribution in [0.1, 0.15) is 56.1 Å². The molecule has 242 valence electrons. The summed E-state index contributed by atoms with van der Waals surface area (Å²) in [6.45, 7) is 0.